The predicted octanol–water partition coefficient (Wildman–Crippen LogP) is 3.69. The van der Waals surface area contributed by atoms with Crippen molar-refractivity contribution in [1.82, 2.24) is 10.3 Å². The van der Waals surface area contributed by atoms with Crippen LogP contribution in [0.3, 0.4) is 0 Å². The van der Waals surface area contributed by atoms with Crippen molar-refractivity contribution in [2.45, 2.75) is 57.9 Å². The first-order valence-corrected chi connectivity index (χ1v) is 7.37. The fraction of sp³-hybridized carbons (Fsp3) is 0.769. The molecule has 3 heteroatoms. The van der Waals surface area contributed by atoms with Gasteiger partial charge in [0.2, 0.25) is 0 Å². The quantitative estimate of drug-likeness (QED) is 0.791. The van der Waals surface area contributed by atoms with Crippen LogP contribution in [0.5, 0.6) is 0 Å². The predicted molar refractivity (Wildman–Crippen MR) is 69.9 cm³/mol. The summed E-state index contributed by atoms with van der Waals surface area (Å²) in [5, 5.41) is 4.82. The van der Waals surface area contributed by atoms with Crippen molar-refractivity contribution in [3.05, 3.63) is 16.1 Å². The third kappa shape index (κ3) is 3.29. The van der Waals surface area contributed by atoms with Crippen LogP contribution in [0.25, 0.3) is 0 Å². The Bertz CT molecular complexity index is 303. The molecule has 0 atom stereocenters. The Kier molecular flexibility index (Phi) is 4.79. The second-order valence-corrected chi connectivity index (χ2v) is 5.82. The van der Waals surface area contributed by atoms with Gasteiger partial charge >= 0.3 is 0 Å². The Labute approximate surface area is 102 Å². The maximum atomic E-state index is 4.60. The summed E-state index contributed by atoms with van der Waals surface area (Å²) < 4.78 is 0. The van der Waals surface area contributed by atoms with Gasteiger partial charge in [-0.25, -0.2) is 4.98 Å². The van der Waals surface area contributed by atoms with Crippen molar-refractivity contribution in [3.63, 3.8) is 0 Å². The van der Waals surface area contributed by atoms with Crippen molar-refractivity contribution in [1.29, 1.82) is 0 Å². The lowest BCUT2D eigenvalue weighted by Gasteiger charge is -2.18. The number of hydrogen-bond donors (Lipinski definition) is 1. The Morgan fingerprint density at radius 3 is 2.94 bits per heavy atom. The zero-order valence-electron chi connectivity index (χ0n) is 10.2. The number of thiazole rings is 1. The largest absolute Gasteiger partial charge is 0.312 e. The van der Waals surface area contributed by atoms with Gasteiger partial charge in [0, 0.05) is 23.5 Å². The maximum Gasteiger partial charge on any atom is 0.0959 e. The minimum Gasteiger partial charge on any atom is -0.312 e. The highest BCUT2D eigenvalue weighted by Crippen LogP contribution is 2.34. The molecule has 90 valence electrons. The highest BCUT2D eigenvalue weighted by atomic mass is 32.1. The van der Waals surface area contributed by atoms with E-state index in [0.717, 1.165) is 19.0 Å². The molecule has 1 heterocycles. The molecule has 0 aliphatic heterocycles. The Balaban J connectivity index is 1.85. The topological polar surface area (TPSA) is 24.9 Å². The molecule has 1 N–H and O–H groups in total. The van der Waals surface area contributed by atoms with Gasteiger partial charge in [-0.2, -0.15) is 0 Å². The number of nitrogens with one attached hydrogen (secondary N) is 1. The lowest BCUT2D eigenvalue weighted by molar-refractivity contribution is 0.442. The van der Waals surface area contributed by atoms with Crippen LogP contribution in [0, 0.1) is 0 Å². The molecule has 1 saturated carbocycles. The fourth-order valence-electron chi connectivity index (χ4n) is 2.33. The minimum atomic E-state index is 0.763. The summed E-state index contributed by atoms with van der Waals surface area (Å²) in [6, 6.07) is 0. The van der Waals surface area contributed by atoms with Crippen molar-refractivity contribution in [2.75, 3.05) is 6.54 Å². The third-order valence-electron chi connectivity index (χ3n) is 3.25. The van der Waals surface area contributed by atoms with Gasteiger partial charge in [0.1, 0.15) is 0 Å². The first-order valence-electron chi connectivity index (χ1n) is 6.55. The van der Waals surface area contributed by atoms with E-state index in [0.29, 0.717) is 0 Å². The van der Waals surface area contributed by atoms with Gasteiger partial charge in [0.25, 0.3) is 0 Å². The van der Waals surface area contributed by atoms with Crippen molar-refractivity contribution in [3.8, 4) is 0 Å². The highest BCUT2D eigenvalue weighted by Gasteiger charge is 2.18. The number of rotatable bonds is 5. The molecule has 0 unspecified atom stereocenters. The molecule has 16 heavy (non-hydrogen) atoms. The first kappa shape index (κ1) is 12.1. The van der Waals surface area contributed by atoms with E-state index in [1.54, 1.807) is 0 Å². The van der Waals surface area contributed by atoms with Gasteiger partial charge in [-0.1, -0.05) is 26.2 Å². The molecule has 1 aromatic heterocycles. The van der Waals surface area contributed by atoms with E-state index >= 15 is 0 Å². The Morgan fingerprint density at radius 1 is 1.38 bits per heavy atom. The molecule has 0 spiro atoms. The highest BCUT2D eigenvalue weighted by molar-refractivity contribution is 7.11. The second kappa shape index (κ2) is 6.36. The average molecular weight is 238 g/mol. The normalized spacial score (nSPS) is 17.8. The van der Waals surface area contributed by atoms with Crippen LogP contribution in [0.4, 0.5) is 0 Å². The lowest BCUT2D eigenvalue weighted by Crippen LogP contribution is -2.12. The Morgan fingerprint density at radius 2 is 2.19 bits per heavy atom. The molecule has 1 fully saturated rings. The van der Waals surface area contributed by atoms with Gasteiger partial charge < -0.3 is 5.32 Å². The fourth-order valence-corrected chi connectivity index (χ4v) is 3.39. The summed E-state index contributed by atoms with van der Waals surface area (Å²) >= 11 is 1.92. The smallest absolute Gasteiger partial charge is 0.0959 e. The van der Waals surface area contributed by atoms with Crippen molar-refractivity contribution >= 4 is 11.3 Å². The van der Waals surface area contributed by atoms with Crippen LogP contribution >= 0.6 is 11.3 Å². The standard InChI is InChI=1S/C13H22N2S/c1-2-8-14-9-12-10-15-13(16-12)11-6-4-3-5-7-11/h10-11,14H,2-9H2,1H3. The van der Waals surface area contributed by atoms with E-state index < -0.39 is 0 Å². The van der Waals surface area contributed by atoms with Gasteiger partial charge in [-0.3, -0.25) is 0 Å². The molecule has 0 bridgehead atoms. The van der Waals surface area contributed by atoms with E-state index in [1.807, 2.05) is 11.3 Å². The summed E-state index contributed by atoms with van der Waals surface area (Å²) in [7, 11) is 0. The maximum absolute atomic E-state index is 4.60. The zero-order chi connectivity index (χ0) is 11.2. The summed E-state index contributed by atoms with van der Waals surface area (Å²) in [6.07, 6.45) is 10.2. The SMILES string of the molecule is CCCNCc1cnc(C2CCCCC2)s1. The zero-order valence-corrected chi connectivity index (χ0v) is 11.0. The van der Waals surface area contributed by atoms with Crippen LogP contribution in [0.2, 0.25) is 0 Å². The van der Waals surface area contributed by atoms with Gasteiger partial charge in [-0.15, -0.1) is 11.3 Å². The molecule has 2 rings (SSSR count). The van der Waals surface area contributed by atoms with Gasteiger partial charge in [0.15, 0.2) is 0 Å². The molecule has 2 nitrogen and oxygen atoms in total. The van der Waals surface area contributed by atoms with Crippen LogP contribution in [-0.4, -0.2) is 11.5 Å². The summed E-state index contributed by atoms with van der Waals surface area (Å²) in [5.74, 6) is 0.763. The molecular formula is C13H22N2S. The third-order valence-corrected chi connectivity index (χ3v) is 4.41. The summed E-state index contributed by atoms with van der Waals surface area (Å²) in [5.41, 5.74) is 0. The second-order valence-electron chi connectivity index (χ2n) is 4.68. The average Bonchev–Trinajstić information content (AvgIpc) is 2.79. The van der Waals surface area contributed by atoms with Crippen molar-refractivity contribution < 1.29 is 0 Å². The monoisotopic (exact) mass is 238 g/mol. The molecule has 1 aliphatic rings. The molecule has 0 aromatic carbocycles. The first-order chi connectivity index (χ1) is 7.90. The van der Waals surface area contributed by atoms with E-state index in [-0.39, 0.29) is 0 Å². The van der Waals surface area contributed by atoms with E-state index in [2.05, 4.69) is 23.4 Å². The molecule has 0 radical (unpaired) electrons. The Hall–Kier alpha value is -0.410. The molecule has 1 aromatic rings. The molecular weight excluding hydrogens is 216 g/mol. The summed E-state index contributed by atoms with van der Waals surface area (Å²) in [4.78, 5) is 5.99. The van der Waals surface area contributed by atoms with Crippen LogP contribution in [0.1, 0.15) is 61.3 Å². The lowest BCUT2D eigenvalue weighted by atomic mass is 9.90. The molecule has 1 aliphatic carbocycles. The van der Waals surface area contributed by atoms with Crippen molar-refractivity contribution in [2.24, 2.45) is 0 Å². The molecule has 0 saturated heterocycles. The van der Waals surface area contributed by atoms with E-state index in [1.165, 1.54) is 48.4 Å². The summed E-state index contributed by atoms with van der Waals surface area (Å²) in [6.45, 7) is 4.31. The van der Waals surface area contributed by atoms with E-state index in [4.69, 9.17) is 0 Å². The minimum absolute atomic E-state index is 0.763. The number of hydrogen-bond acceptors (Lipinski definition) is 3. The van der Waals surface area contributed by atoms with Crippen LogP contribution in [0.15, 0.2) is 6.20 Å². The number of nitrogens with zero attached hydrogens (tertiary/aromatic N) is 1. The number of aromatic nitrogens is 1. The van der Waals surface area contributed by atoms with Gasteiger partial charge in [-0.05, 0) is 25.8 Å². The van der Waals surface area contributed by atoms with Crippen LogP contribution < -0.4 is 5.32 Å². The van der Waals surface area contributed by atoms with E-state index in [9.17, 15) is 0 Å². The van der Waals surface area contributed by atoms with Gasteiger partial charge in [0.05, 0.1) is 5.01 Å². The molecule has 0 amide bonds. The van der Waals surface area contributed by atoms with Crippen LogP contribution in [-0.2, 0) is 6.54 Å².